The second-order valence-corrected chi connectivity index (χ2v) is 12.3. The number of rotatable bonds is 2. The lowest BCUT2D eigenvalue weighted by molar-refractivity contribution is 0.661. The highest BCUT2D eigenvalue weighted by molar-refractivity contribution is 6.18. The van der Waals surface area contributed by atoms with Crippen molar-refractivity contribution >= 4 is 49.3 Å². The van der Waals surface area contributed by atoms with Gasteiger partial charge in [-0.2, -0.15) is 5.26 Å². The van der Waals surface area contributed by atoms with E-state index in [1.807, 2.05) is 48.5 Å². The lowest BCUT2D eigenvalue weighted by Gasteiger charge is -2.21. The normalized spacial score (nSPS) is 13.2. The van der Waals surface area contributed by atoms with E-state index in [9.17, 15) is 5.26 Å². The molecule has 8 aromatic rings. The Morgan fingerprint density at radius 3 is 2.18 bits per heavy atom. The maximum Gasteiger partial charge on any atom is 0.188 e. The van der Waals surface area contributed by atoms with Gasteiger partial charge in [-0.25, -0.2) is 9.83 Å². The molecule has 0 bridgehead atoms. The average molecular weight is 576 g/mol. The van der Waals surface area contributed by atoms with Crippen LogP contribution in [0.2, 0.25) is 0 Å². The van der Waals surface area contributed by atoms with Gasteiger partial charge in [0.05, 0.1) is 40.3 Å². The standard InChI is InChI=1S/C40H25N5/c1-40(2)30-11-6-4-10-27(30)38-31(40)17-20-35-39(38)29-22-25(42-3)16-19-34(29)45(35)37-14-8-13-36(43-37)44-32-12-7-5-9-26(32)28-21-24(23-41)15-18-33(28)44/h4-22H,1-2H3. The average Bonchev–Trinajstić information content (AvgIpc) is 3.67. The first-order chi connectivity index (χ1) is 22.0. The second-order valence-electron chi connectivity index (χ2n) is 12.3. The molecule has 0 radical (unpaired) electrons. The number of benzene rings is 5. The van der Waals surface area contributed by atoms with Gasteiger partial charge < -0.3 is 0 Å². The van der Waals surface area contributed by atoms with Gasteiger partial charge in [-0.3, -0.25) is 9.13 Å². The van der Waals surface area contributed by atoms with Gasteiger partial charge in [-0.1, -0.05) is 74.5 Å². The predicted molar refractivity (Wildman–Crippen MR) is 181 cm³/mol. The van der Waals surface area contributed by atoms with Gasteiger partial charge in [-0.05, 0) is 82.2 Å². The molecule has 1 aliphatic carbocycles. The Morgan fingerprint density at radius 2 is 1.36 bits per heavy atom. The Hall–Kier alpha value is -6.17. The first kappa shape index (κ1) is 25.3. The summed E-state index contributed by atoms with van der Waals surface area (Å²) in [4.78, 5) is 9.11. The third kappa shape index (κ3) is 3.33. The van der Waals surface area contributed by atoms with E-state index in [4.69, 9.17) is 11.6 Å². The first-order valence-electron chi connectivity index (χ1n) is 15.0. The van der Waals surface area contributed by atoms with E-state index < -0.39 is 0 Å². The molecule has 9 rings (SSSR count). The maximum absolute atomic E-state index is 9.59. The van der Waals surface area contributed by atoms with Crippen molar-refractivity contribution in [1.29, 1.82) is 5.26 Å². The maximum atomic E-state index is 9.59. The largest absolute Gasteiger partial charge is 0.294 e. The molecule has 0 aliphatic heterocycles. The SMILES string of the molecule is [C-]#[N+]c1ccc2c(c1)c1c3c(ccc1n2-c1cccc(-n2c4ccccc4c4cc(C#N)ccc42)n1)C(C)(C)c1ccccc1-3. The molecule has 5 nitrogen and oxygen atoms in total. The van der Waals surface area contributed by atoms with Gasteiger partial charge >= 0.3 is 0 Å². The number of aromatic nitrogens is 3. The summed E-state index contributed by atoms with van der Waals surface area (Å²) in [6.45, 7) is 12.4. The summed E-state index contributed by atoms with van der Waals surface area (Å²) in [6, 6.07) is 41.7. The third-order valence-electron chi connectivity index (χ3n) is 9.57. The Balaban J connectivity index is 1.36. The third-order valence-corrected chi connectivity index (χ3v) is 9.57. The van der Waals surface area contributed by atoms with Crippen LogP contribution >= 0.6 is 0 Å². The fourth-order valence-electron chi connectivity index (χ4n) is 7.56. The zero-order valence-electron chi connectivity index (χ0n) is 24.7. The molecule has 0 atom stereocenters. The van der Waals surface area contributed by atoms with E-state index in [2.05, 4.69) is 101 Å². The van der Waals surface area contributed by atoms with Crippen LogP contribution in [0.25, 0.3) is 71.2 Å². The number of pyridine rings is 1. The smallest absolute Gasteiger partial charge is 0.188 e. The van der Waals surface area contributed by atoms with Crippen molar-refractivity contribution in [3.8, 4) is 28.8 Å². The van der Waals surface area contributed by atoms with Crippen molar-refractivity contribution < 1.29 is 0 Å². The Labute approximate surface area is 259 Å². The molecule has 3 aromatic heterocycles. The zero-order chi connectivity index (χ0) is 30.4. The molecule has 3 heterocycles. The number of nitrogens with zero attached hydrogens (tertiary/aromatic N) is 5. The van der Waals surface area contributed by atoms with E-state index >= 15 is 0 Å². The molecule has 0 N–H and O–H groups in total. The Bertz CT molecular complexity index is 2650. The summed E-state index contributed by atoms with van der Waals surface area (Å²) in [7, 11) is 0. The molecule has 0 amide bonds. The minimum absolute atomic E-state index is 0.133. The number of hydrogen-bond donors (Lipinski definition) is 0. The van der Waals surface area contributed by atoms with Crippen molar-refractivity contribution in [3.05, 3.63) is 143 Å². The Morgan fingerprint density at radius 1 is 0.667 bits per heavy atom. The fraction of sp³-hybridized carbons (Fsp3) is 0.0750. The quantitative estimate of drug-likeness (QED) is 0.193. The highest BCUT2D eigenvalue weighted by Gasteiger charge is 2.37. The van der Waals surface area contributed by atoms with Crippen LogP contribution in [0.4, 0.5) is 5.69 Å². The number of nitriles is 1. The number of para-hydroxylation sites is 1. The van der Waals surface area contributed by atoms with Crippen molar-refractivity contribution in [2.24, 2.45) is 0 Å². The molecule has 45 heavy (non-hydrogen) atoms. The monoisotopic (exact) mass is 575 g/mol. The van der Waals surface area contributed by atoms with E-state index in [1.165, 1.54) is 22.3 Å². The van der Waals surface area contributed by atoms with Crippen molar-refractivity contribution in [2.45, 2.75) is 19.3 Å². The fourth-order valence-corrected chi connectivity index (χ4v) is 7.56. The highest BCUT2D eigenvalue weighted by Crippen LogP contribution is 2.53. The molecule has 0 saturated heterocycles. The van der Waals surface area contributed by atoms with E-state index in [0.29, 0.717) is 11.3 Å². The summed E-state index contributed by atoms with van der Waals surface area (Å²) in [5.74, 6) is 1.59. The van der Waals surface area contributed by atoms with E-state index in [-0.39, 0.29) is 5.41 Å². The second kappa shape index (κ2) is 8.92. The first-order valence-corrected chi connectivity index (χ1v) is 15.0. The minimum Gasteiger partial charge on any atom is -0.294 e. The van der Waals surface area contributed by atoms with Crippen LogP contribution in [0.3, 0.4) is 0 Å². The van der Waals surface area contributed by atoms with Gasteiger partial charge in [0.25, 0.3) is 0 Å². The molecule has 5 heteroatoms. The van der Waals surface area contributed by atoms with Gasteiger partial charge in [0.15, 0.2) is 5.69 Å². The zero-order valence-corrected chi connectivity index (χ0v) is 24.7. The van der Waals surface area contributed by atoms with Crippen LogP contribution < -0.4 is 0 Å². The molecular formula is C40H25N5. The lowest BCUT2D eigenvalue weighted by atomic mass is 9.82. The number of hydrogen-bond acceptors (Lipinski definition) is 2. The van der Waals surface area contributed by atoms with Crippen molar-refractivity contribution in [1.82, 2.24) is 14.1 Å². The molecule has 0 saturated carbocycles. The number of fused-ring (bicyclic) bond motifs is 10. The van der Waals surface area contributed by atoms with E-state index in [1.54, 1.807) is 0 Å². The van der Waals surface area contributed by atoms with Gasteiger partial charge in [0, 0.05) is 21.6 Å². The summed E-state index contributed by atoms with van der Waals surface area (Å²) >= 11 is 0. The summed E-state index contributed by atoms with van der Waals surface area (Å²) in [6.07, 6.45) is 0. The Kier molecular flexibility index (Phi) is 5.03. The van der Waals surface area contributed by atoms with Crippen molar-refractivity contribution in [2.75, 3.05) is 0 Å². The molecule has 0 fully saturated rings. The van der Waals surface area contributed by atoms with Crippen LogP contribution in [-0.2, 0) is 5.41 Å². The van der Waals surface area contributed by atoms with Gasteiger partial charge in [-0.15, -0.1) is 0 Å². The van der Waals surface area contributed by atoms with Crippen LogP contribution in [0.1, 0.15) is 30.5 Å². The van der Waals surface area contributed by atoms with E-state index in [0.717, 1.165) is 55.2 Å². The summed E-state index contributed by atoms with van der Waals surface area (Å²) in [5, 5.41) is 13.9. The summed E-state index contributed by atoms with van der Waals surface area (Å²) < 4.78 is 4.41. The van der Waals surface area contributed by atoms with Crippen LogP contribution in [0.5, 0.6) is 0 Å². The molecular weight excluding hydrogens is 550 g/mol. The highest BCUT2D eigenvalue weighted by atomic mass is 15.1. The molecule has 0 spiro atoms. The molecule has 1 aliphatic rings. The molecule has 210 valence electrons. The van der Waals surface area contributed by atoms with Crippen LogP contribution in [0, 0.1) is 17.9 Å². The van der Waals surface area contributed by atoms with Gasteiger partial charge in [0.2, 0.25) is 0 Å². The molecule has 0 unspecified atom stereocenters. The van der Waals surface area contributed by atoms with Crippen LogP contribution in [-0.4, -0.2) is 14.1 Å². The predicted octanol–water partition coefficient (Wildman–Crippen LogP) is 10.0. The van der Waals surface area contributed by atoms with Gasteiger partial charge in [0.1, 0.15) is 11.6 Å². The van der Waals surface area contributed by atoms with Crippen molar-refractivity contribution in [3.63, 3.8) is 0 Å². The topological polar surface area (TPSA) is 50.9 Å². The van der Waals surface area contributed by atoms with Crippen LogP contribution in [0.15, 0.2) is 115 Å². The lowest BCUT2D eigenvalue weighted by Crippen LogP contribution is -2.14. The molecule has 5 aromatic carbocycles. The minimum atomic E-state index is -0.133. The summed E-state index contributed by atoms with van der Waals surface area (Å²) in [5.41, 5.74) is 10.3.